The van der Waals surface area contributed by atoms with Crippen LogP contribution >= 0.6 is 11.6 Å². The van der Waals surface area contributed by atoms with Crippen LogP contribution in [0.3, 0.4) is 0 Å². The number of halogens is 1. The summed E-state index contributed by atoms with van der Waals surface area (Å²) in [5, 5.41) is 27.4. The van der Waals surface area contributed by atoms with E-state index in [9.17, 15) is 22.8 Å². The van der Waals surface area contributed by atoms with Gasteiger partial charge < -0.3 is 26.0 Å². The fourth-order valence-corrected chi connectivity index (χ4v) is 3.74. The summed E-state index contributed by atoms with van der Waals surface area (Å²) in [6.45, 7) is -0.312. The van der Waals surface area contributed by atoms with Gasteiger partial charge in [0.1, 0.15) is 11.8 Å². The number of benzene rings is 2. The molecule has 34 heavy (non-hydrogen) atoms. The van der Waals surface area contributed by atoms with Crippen molar-refractivity contribution < 1.29 is 37.8 Å². The van der Waals surface area contributed by atoms with E-state index in [1.807, 2.05) is 0 Å². The number of esters is 1. The van der Waals surface area contributed by atoms with Crippen LogP contribution in [-0.4, -0.2) is 48.5 Å². The number of aliphatic carboxylic acids is 2. The third-order valence-corrected chi connectivity index (χ3v) is 5.45. The highest BCUT2D eigenvalue weighted by Crippen LogP contribution is 2.26. The van der Waals surface area contributed by atoms with E-state index >= 15 is 0 Å². The molecule has 0 bridgehead atoms. The largest absolute Gasteiger partial charge is 0.481 e. The summed E-state index contributed by atoms with van der Waals surface area (Å²) in [7, 11) is -4.36. The fraction of sp³-hybridized carbons (Fsp3) is 0.158. The van der Waals surface area contributed by atoms with E-state index in [0.717, 1.165) is 0 Å². The zero-order chi connectivity index (χ0) is 25.5. The summed E-state index contributed by atoms with van der Waals surface area (Å²) in [4.78, 5) is 34.0. The van der Waals surface area contributed by atoms with Gasteiger partial charge in [0.05, 0.1) is 17.0 Å². The first-order chi connectivity index (χ1) is 15.9. The topological polar surface area (TPSA) is 221 Å². The van der Waals surface area contributed by atoms with Gasteiger partial charge in [0, 0.05) is 12.2 Å². The number of nitrogens with two attached hydrogens (primary N) is 1. The first-order valence-electron chi connectivity index (χ1n) is 9.29. The van der Waals surface area contributed by atoms with Crippen LogP contribution in [0.5, 0.6) is 5.75 Å². The Balaban J connectivity index is 2.00. The molecule has 0 saturated heterocycles. The first kappa shape index (κ1) is 26.5. The van der Waals surface area contributed by atoms with Crippen LogP contribution < -0.4 is 25.2 Å². The number of anilines is 1. The number of carboxylic acids is 2. The number of ether oxygens (including phenoxy) is 1. The SMILES string of the molecule is N=C(N)Nc1ccc(C(=O)Oc2ccc(CNS(=O)(=O)N[C@@H](CC(=O)O)C(=O)O)cc2Cl)cc1. The molecule has 2 aromatic rings. The van der Waals surface area contributed by atoms with Gasteiger partial charge in [-0.2, -0.15) is 17.9 Å². The highest BCUT2D eigenvalue weighted by atomic mass is 35.5. The minimum atomic E-state index is -4.36. The molecular formula is C19H20ClN5O8S. The molecule has 0 spiro atoms. The normalized spacial score (nSPS) is 11.9. The quantitative estimate of drug-likeness (QED) is 0.0964. The van der Waals surface area contributed by atoms with Gasteiger partial charge in [-0.25, -0.2) is 4.79 Å². The van der Waals surface area contributed by atoms with E-state index < -0.39 is 40.6 Å². The molecule has 0 fully saturated rings. The molecule has 2 rings (SSSR count). The van der Waals surface area contributed by atoms with Crippen molar-refractivity contribution in [3.8, 4) is 5.75 Å². The average Bonchev–Trinajstić information content (AvgIpc) is 2.73. The molecule has 0 saturated carbocycles. The highest BCUT2D eigenvalue weighted by molar-refractivity contribution is 7.87. The summed E-state index contributed by atoms with van der Waals surface area (Å²) < 4.78 is 33.1. The molecule has 0 aliphatic heterocycles. The summed E-state index contributed by atoms with van der Waals surface area (Å²) in [5.74, 6) is -4.11. The zero-order valence-corrected chi connectivity index (χ0v) is 18.8. The number of guanidine groups is 1. The minimum Gasteiger partial charge on any atom is -0.481 e. The molecule has 182 valence electrons. The standard InChI is InChI=1S/C19H20ClN5O8S/c20-13-7-10(9-23-34(31,32)25-14(17(28)29)8-16(26)27)1-6-15(13)33-18(30)11-2-4-12(5-3-11)24-19(21)22/h1-7,14,23,25H,8-9H2,(H,26,27)(H,28,29)(H4,21,22,24)/t14-/m0/s1. The monoisotopic (exact) mass is 513 g/mol. The van der Waals surface area contributed by atoms with Crippen molar-refractivity contribution in [1.82, 2.24) is 9.44 Å². The number of rotatable bonds is 11. The highest BCUT2D eigenvalue weighted by Gasteiger charge is 2.26. The number of nitrogens with one attached hydrogen (secondary N) is 4. The third kappa shape index (κ3) is 8.32. The molecule has 0 aromatic heterocycles. The van der Waals surface area contributed by atoms with Gasteiger partial charge in [0.2, 0.25) is 0 Å². The van der Waals surface area contributed by atoms with Gasteiger partial charge in [-0.05, 0) is 42.0 Å². The van der Waals surface area contributed by atoms with Gasteiger partial charge in [0.25, 0.3) is 10.2 Å². The predicted molar refractivity (Wildman–Crippen MR) is 121 cm³/mol. The summed E-state index contributed by atoms with van der Waals surface area (Å²) >= 11 is 6.12. The van der Waals surface area contributed by atoms with Crippen molar-refractivity contribution in [2.45, 2.75) is 19.0 Å². The summed E-state index contributed by atoms with van der Waals surface area (Å²) in [6, 6.07) is 8.18. The van der Waals surface area contributed by atoms with Gasteiger partial charge in [-0.3, -0.25) is 15.0 Å². The molecule has 0 radical (unpaired) electrons. The molecule has 1 atom stereocenters. The Kier molecular flexibility index (Phi) is 8.91. The zero-order valence-electron chi connectivity index (χ0n) is 17.2. The van der Waals surface area contributed by atoms with E-state index in [1.165, 1.54) is 42.5 Å². The van der Waals surface area contributed by atoms with Crippen molar-refractivity contribution in [3.05, 3.63) is 58.6 Å². The number of hydrogen-bond acceptors (Lipinski definition) is 7. The Morgan fingerprint density at radius 3 is 2.29 bits per heavy atom. The fourth-order valence-electron chi connectivity index (χ4n) is 2.50. The van der Waals surface area contributed by atoms with Crippen LogP contribution in [0.25, 0.3) is 0 Å². The smallest absolute Gasteiger partial charge is 0.343 e. The second-order valence-electron chi connectivity index (χ2n) is 6.70. The Labute approximate surface area is 198 Å². The van der Waals surface area contributed by atoms with E-state index in [0.29, 0.717) is 11.3 Å². The van der Waals surface area contributed by atoms with Crippen molar-refractivity contribution in [2.24, 2.45) is 5.73 Å². The number of carbonyl (C=O) groups is 3. The van der Waals surface area contributed by atoms with Crippen molar-refractivity contribution in [1.29, 1.82) is 5.41 Å². The lowest BCUT2D eigenvalue weighted by Gasteiger charge is -2.14. The van der Waals surface area contributed by atoms with Gasteiger partial charge in [0.15, 0.2) is 5.96 Å². The van der Waals surface area contributed by atoms with E-state index in [4.69, 9.17) is 37.7 Å². The van der Waals surface area contributed by atoms with Gasteiger partial charge in [-0.1, -0.05) is 17.7 Å². The summed E-state index contributed by atoms with van der Waals surface area (Å²) in [6.07, 6.45) is -0.946. The molecule has 15 heteroatoms. The van der Waals surface area contributed by atoms with Crippen molar-refractivity contribution in [3.63, 3.8) is 0 Å². The van der Waals surface area contributed by atoms with Crippen molar-refractivity contribution >= 4 is 51.4 Å². The number of carbonyl (C=O) groups excluding carboxylic acids is 1. The maximum absolute atomic E-state index is 12.3. The Bertz CT molecular complexity index is 1200. The van der Waals surface area contributed by atoms with Crippen LogP contribution in [0, 0.1) is 5.41 Å². The average molecular weight is 514 g/mol. The number of hydrogen-bond donors (Lipinski definition) is 7. The number of carboxylic acid groups (broad SMARTS) is 2. The molecule has 0 amide bonds. The molecule has 8 N–H and O–H groups in total. The lowest BCUT2D eigenvalue weighted by Crippen LogP contribution is -2.47. The maximum atomic E-state index is 12.3. The molecule has 0 aliphatic carbocycles. The van der Waals surface area contributed by atoms with Crippen LogP contribution in [0.15, 0.2) is 42.5 Å². The van der Waals surface area contributed by atoms with Gasteiger partial charge in [-0.15, -0.1) is 0 Å². The lowest BCUT2D eigenvalue weighted by molar-refractivity contribution is -0.145. The third-order valence-electron chi connectivity index (χ3n) is 4.04. The van der Waals surface area contributed by atoms with E-state index in [-0.39, 0.29) is 28.8 Å². The molecule has 2 aromatic carbocycles. The Hall–Kier alpha value is -3.72. The maximum Gasteiger partial charge on any atom is 0.343 e. The Morgan fingerprint density at radius 1 is 1.12 bits per heavy atom. The van der Waals surface area contributed by atoms with Crippen LogP contribution in [0.2, 0.25) is 5.02 Å². The molecule has 13 nitrogen and oxygen atoms in total. The van der Waals surface area contributed by atoms with Crippen LogP contribution in [-0.2, 0) is 26.3 Å². The molecule has 0 aliphatic rings. The Morgan fingerprint density at radius 2 is 1.76 bits per heavy atom. The second-order valence-corrected chi connectivity index (χ2v) is 8.64. The molecular weight excluding hydrogens is 494 g/mol. The predicted octanol–water partition coefficient (Wildman–Crippen LogP) is 0.716. The lowest BCUT2D eigenvalue weighted by atomic mass is 10.2. The van der Waals surface area contributed by atoms with Crippen LogP contribution in [0.4, 0.5) is 5.69 Å². The van der Waals surface area contributed by atoms with Crippen molar-refractivity contribution in [2.75, 3.05) is 5.32 Å². The first-order valence-corrected chi connectivity index (χ1v) is 11.2. The second kappa shape index (κ2) is 11.4. The van der Waals surface area contributed by atoms with E-state index in [1.54, 1.807) is 4.72 Å². The van der Waals surface area contributed by atoms with E-state index in [2.05, 4.69) is 10.0 Å². The summed E-state index contributed by atoms with van der Waals surface area (Å²) in [5.41, 5.74) is 6.27. The van der Waals surface area contributed by atoms with Crippen LogP contribution in [0.1, 0.15) is 22.3 Å². The minimum absolute atomic E-state index is 0.00200. The molecule has 0 heterocycles. The van der Waals surface area contributed by atoms with Gasteiger partial charge >= 0.3 is 17.9 Å². The molecule has 0 unspecified atom stereocenters.